The van der Waals surface area contributed by atoms with E-state index in [0.717, 1.165) is 4.31 Å². The number of amides is 2. The van der Waals surface area contributed by atoms with Crippen LogP contribution in [0.2, 0.25) is 10.0 Å². The Morgan fingerprint density at radius 1 is 1.10 bits per heavy atom. The minimum Gasteiger partial charge on any atom is -0.485 e. The Balaban J connectivity index is 1.20. The summed E-state index contributed by atoms with van der Waals surface area (Å²) < 4.78 is 36.2. The van der Waals surface area contributed by atoms with Gasteiger partial charge < -0.3 is 26.3 Å². The molecular weight excluding hydrogens is 697 g/mol. The quantitative estimate of drug-likeness (QED) is 0.0557. The normalized spacial score (nSPS) is 15.3. The Kier molecular flexibility index (Phi) is 11.1. The van der Waals surface area contributed by atoms with Crippen LogP contribution in [0.3, 0.4) is 0 Å². The van der Waals surface area contributed by atoms with Crippen LogP contribution in [0.15, 0.2) is 75.6 Å². The first-order valence-electron chi connectivity index (χ1n) is 15.2. The van der Waals surface area contributed by atoms with Crippen LogP contribution in [-0.2, 0) is 21.4 Å². The van der Waals surface area contributed by atoms with Crippen molar-refractivity contribution in [1.82, 2.24) is 24.3 Å². The minimum absolute atomic E-state index is 0.0755. The summed E-state index contributed by atoms with van der Waals surface area (Å²) in [6, 6.07) is 12.5. The van der Waals surface area contributed by atoms with Crippen LogP contribution in [0.4, 0.5) is 0 Å². The molecule has 14 nitrogen and oxygen atoms in total. The van der Waals surface area contributed by atoms with Crippen molar-refractivity contribution in [3.05, 3.63) is 104 Å². The molecule has 3 heterocycles. The molecule has 2 aromatic heterocycles. The second-order valence-corrected chi connectivity index (χ2v) is 13.8. The van der Waals surface area contributed by atoms with Gasteiger partial charge in [0, 0.05) is 59.3 Å². The van der Waals surface area contributed by atoms with E-state index in [1.807, 2.05) is 0 Å². The van der Waals surface area contributed by atoms with Gasteiger partial charge in [-0.25, -0.2) is 13.4 Å². The number of aromatic nitrogens is 2. The maximum Gasteiger partial charge on any atom is 0.258 e. The lowest BCUT2D eigenvalue weighted by molar-refractivity contribution is -0.124. The third-order valence-electron chi connectivity index (χ3n) is 7.89. The topological polar surface area (TPSA) is 198 Å². The lowest BCUT2D eigenvalue weighted by Crippen LogP contribution is -2.46. The highest BCUT2D eigenvalue weighted by Gasteiger charge is 2.40. The molecule has 0 spiro atoms. The Hall–Kier alpha value is -4.70. The van der Waals surface area contributed by atoms with Crippen molar-refractivity contribution in [2.45, 2.75) is 43.7 Å². The first kappa shape index (κ1) is 35.6. The van der Waals surface area contributed by atoms with E-state index in [-0.39, 0.29) is 75.4 Å². The summed E-state index contributed by atoms with van der Waals surface area (Å²) in [6.45, 7) is 2.03. The van der Waals surface area contributed by atoms with Crippen LogP contribution in [0.25, 0.3) is 5.65 Å². The van der Waals surface area contributed by atoms with E-state index in [1.165, 1.54) is 34.7 Å². The maximum absolute atomic E-state index is 13.9. The number of sulfonamides is 1. The lowest BCUT2D eigenvalue weighted by Gasteiger charge is -2.24. The zero-order valence-electron chi connectivity index (χ0n) is 26.2. The molecule has 0 bridgehead atoms. The largest absolute Gasteiger partial charge is 0.485 e. The molecule has 258 valence electrons. The van der Waals surface area contributed by atoms with Crippen molar-refractivity contribution in [3.63, 3.8) is 0 Å². The predicted octanol–water partition coefficient (Wildman–Crippen LogP) is 3.07. The van der Waals surface area contributed by atoms with Gasteiger partial charge in [-0.2, -0.15) is 4.31 Å². The average molecular weight is 731 g/mol. The fraction of sp³-hybridized carbons (Fsp3) is 0.281. The number of benzene rings is 2. The summed E-state index contributed by atoms with van der Waals surface area (Å²) in [7, 11) is -4.24. The van der Waals surface area contributed by atoms with Crippen LogP contribution in [0.1, 0.15) is 46.4 Å². The monoisotopic (exact) mass is 729 g/mol. The molecule has 0 radical (unpaired) electrons. The summed E-state index contributed by atoms with van der Waals surface area (Å²) in [4.78, 5) is 42.1. The number of amidine groups is 1. The number of oxime groups is 1. The SMILES string of the molecule is Cc1cc(=O)n2cccc(OCc3c(Cl)ccc(S(=O)(=O)N4CCC[C@H]4C(=O)NCCCNC(=O)c4ccc(C(N)=NO)cc4)c3Cl)c2n1. The van der Waals surface area contributed by atoms with Crippen LogP contribution in [0.5, 0.6) is 5.75 Å². The number of halogens is 2. The number of aryl methyl sites for hydroxylation is 1. The van der Waals surface area contributed by atoms with Crippen LogP contribution in [0, 0.1) is 6.92 Å². The number of hydrogen-bond acceptors (Lipinski definition) is 9. The molecule has 2 aromatic carbocycles. The Morgan fingerprint density at radius 2 is 1.82 bits per heavy atom. The van der Waals surface area contributed by atoms with Gasteiger partial charge in [0.25, 0.3) is 11.5 Å². The molecule has 0 unspecified atom stereocenters. The number of nitrogens with two attached hydrogens (primary N) is 1. The zero-order chi connectivity index (χ0) is 35.3. The number of carbonyl (C=O) groups is 2. The molecule has 49 heavy (non-hydrogen) atoms. The molecule has 17 heteroatoms. The van der Waals surface area contributed by atoms with E-state index in [9.17, 15) is 22.8 Å². The summed E-state index contributed by atoms with van der Waals surface area (Å²) in [5, 5.41) is 17.2. The molecule has 1 fully saturated rings. The van der Waals surface area contributed by atoms with E-state index < -0.39 is 22.0 Å². The van der Waals surface area contributed by atoms with E-state index >= 15 is 0 Å². The number of nitrogens with one attached hydrogen (secondary N) is 2. The standard InChI is InChI=1S/C32H33Cl2N7O7S/c1-19-17-27(42)40-15-3-6-25(30(40)38-19)48-18-22-23(33)11-12-26(28(22)34)49(46,47)41-16-2-5-24(41)32(44)37-14-4-13-36-31(43)21-9-7-20(8-10-21)29(35)39-45/h3,6-12,15,17,24,45H,2,4-5,13-14,16,18H2,1H3,(H2,35,39)(H,36,43)(H,37,44)/t24-/m0/s1. The van der Waals surface area contributed by atoms with Crippen molar-refractivity contribution in [1.29, 1.82) is 0 Å². The van der Waals surface area contributed by atoms with Crippen molar-refractivity contribution >= 4 is 56.5 Å². The fourth-order valence-electron chi connectivity index (χ4n) is 5.37. The minimum atomic E-state index is -4.24. The van der Waals surface area contributed by atoms with E-state index in [1.54, 1.807) is 37.4 Å². The molecule has 2 amide bonds. The van der Waals surface area contributed by atoms with Gasteiger partial charge in [0.2, 0.25) is 15.9 Å². The summed E-state index contributed by atoms with van der Waals surface area (Å²) >= 11 is 13.1. The van der Waals surface area contributed by atoms with Gasteiger partial charge in [0.1, 0.15) is 17.5 Å². The first-order chi connectivity index (χ1) is 23.4. The molecule has 5 N–H and O–H groups in total. The molecule has 0 aliphatic carbocycles. The van der Waals surface area contributed by atoms with Crippen LogP contribution < -0.4 is 26.7 Å². The number of rotatable bonds is 12. The average Bonchev–Trinajstić information content (AvgIpc) is 3.59. The number of fused-ring (bicyclic) bond motifs is 1. The summed E-state index contributed by atoms with van der Waals surface area (Å²) in [5.41, 5.74) is 7.08. The number of ether oxygens (including phenoxy) is 1. The third kappa shape index (κ3) is 7.80. The molecule has 1 aliphatic rings. The smallest absolute Gasteiger partial charge is 0.258 e. The summed E-state index contributed by atoms with van der Waals surface area (Å²) in [5.74, 6) is -0.606. The molecule has 1 aliphatic heterocycles. The molecule has 1 saturated heterocycles. The van der Waals surface area contributed by atoms with Gasteiger partial charge in [-0.15, -0.1) is 0 Å². The highest BCUT2D eigenvalue weighted by Crippen LogP contribution is 2.36. The van der Waals surface area contributed by atoms with Gasteiger partial charge in [-0.1, -0.05) is 40.5 Å². The predicted molar refractivity (Wildman–Crippen MR) is 183 cm³/mol. The van der Waals surface area contributed by atoms with Crippen molar-refractivity contribution in [2.24, 2.45) is 10.9 Å². The molecule has 4 aromatic rings. The van der Waals surface area contributed by atoms with Gasteiger partial charge in [-0.05, 0) is 62.6 Å². The maximum atomic E-state index is 13.9. The van der Waals surface area contributed by atoms with Gasteiger partial charge in [0.05, 0.1) is 5.02 Å². The van der Waals surface area contributed by atoms with Crippen LogP contribution >= 0.6 is 23.2 Å². The van der Waals surface area contributed by atoms with Gasteiger partial charge in [0.15, 0.2) is 17.2 Å². The molecule has 5 rings (SSSR count). The Labute approximate surface area is 291 Å². The molecule has 1 atom stereocenters. The van der Waals surface area contributed by atoms with Gasteiger partial charge >= 0.3 is 0 Å². The second-order valence-electron chi connectivity index (χ2n) is 11.2. The van der Waals surface area contributed by atoms with Gasteiger partial charge in [-0.3, -0.25) is 18.8 Å². The highest BCUT2D eigenvalue weighted by atomic mass is 35.5. The number of carbonyl (C=O) groups excluding carboxylic acids is 2. The van der Waals surface area contributed by atoms with E-state index in [4.69, 9.17) is 38.9 Å². The Bertz CT molecular complexity index is 2090. The summed E-state index contributed by atoms with van der Waals surface area (Å²) in [6.07, 6.45) is 2.74. The second kappa shape index (κ2) is 15.2. The number of nitrogens with zero attached hydrogens (tertiary/aromatic N) is 4. The van der Waals surface area contributed by atoms with E-state index in [2.05, 4.69) is 20.8 Å². The molecule has 0 saturated carbocycles. The zero-order valence-corrected chi connectivity index (χ0v) is 28.6. The third-order valence-corrected chi connectivity index (χ3v) is 10.7. The first-order valence-corrected chi connectivity index (χ1v) is 17.4. The highest BCUT2D eigenvalue weighted by molar-refractivity contribution is 7.89. The van der Waals surface area contributed by atoms with Crippen LogP contribution in [-0.4, -0.2) is 70.6 Å². The fourth-order valence-corrected chi connectivity index (χ4v) is 7.89. The molecular formula is C32H33Cl2N7O7S. The lowest BCUT2D eigenvalue weighted by atomic mass is 10.1. The number of hydrogen-bond donors (Lipinski definition) is 4. The van der Waals surface area contributed by atoms with Crippen molar-refractivity contribution < 1.29 is 28.0 Å². The Morgan fingerprint density at radius 3 is 2.55 bits per heavy atom. The van der Waals surface area contributed by atoms with E-state index in [0.29, 0.717) is 36.1 Å². The van der Waals surface area contributed by atoms with Crippen molar-refractivity contribution in [3.8, 4) is 5.75 Å². The number of pyridine rings is 1. The van der Waals surface area contributed by atoms with Crippen molar-refractivity contribution in [2.75, 3.05) is 19.6 Å².